The lowest BCUT2D eigenvalue weighted by Gasteiger charge is -2.35. The maximum absolute atomic E-state index is 9.09. The Morgan fingerprint density at radius 2 is 2.09 bits per heavy atom. The standard InChI is InChI=1S/C15H17ClN6/c1-9(2)14-19-20-15-10(3)21(6-7-22(14)15)13-5-4-11(16)12(8-17)18-13/h4-5,9-10H,6-7H2,1-3H3. The minimum atomic E-state index is 0.0500. The summed E-state index contributed by atoms with van der Waals surface area (Å²) in [5, 5.41) is 18.1. The SMILES string of the molecule is CC(C)c1nnc2n1CCN(c1ccc(Cl)c(C#N)n1)C2C. The van der Waals surface area contributed by atoms with Crippen LogP contribution in [0.5, 0.6) is 0 Å². The molecule has 2 aromatic rings. The van der Waals surface area contributed by atoms with Crippen molar-refractivity contribution < 1.29 is 0 Å². The second kappa shape index (κ2) is 5.58. The molecule has 0 N–H and O–H groups in total. The van der Waals surface area contributed by atoms with Gasteiger partial charge in [-0.1, -0.05) is 25.4 Å². The van der Waals surface area contributed by atoms with Crippen LogP contribution in [-0.2, 0) is 6.54 Å². The maximum Gasteiger partial charge on any atom is 0.161 e. The van der Waals surface area contributed by atoms with Gasteiger partial charge in [0, 0.05) is 19.0 Å². The van der Waals surface area contributed by atoms with E-state index in [0.717, 1.165) is 30.6 Å². The van der Waals surface area contributed by atoms with E-state index >= 15 is 0 Å². The fraction of sp³-hybridized carbons (Fsp3) is 0.467. The molecule has 22 heavy (non-hydrogen) atoms. The Morgan fingerprint density at radius 1 is 1.32 bits per heavy atom. The average molecular weight is 317 g/mol. The minimum absolute atomic E-state index is 0.0500. The topological polar surface area (TPSA) is 70.6 Å². The van der Waals surface area contributed by atoms with E-state index in [-0.39, 0.29) is 11.7 Å². The fourth-order valence-electron chi connectivity index (χ4n) is 2.82. The van der Waals surface area contributed by atoms with Crippen molar-refractivity contribution in [3.8, 4) is 6.07 Å². The van der Waals surface area contributed by atoms with Gasteiger partial charge >= 0.3 is 0 Å². The summed E-state index contributed by atoms with van der Waals surface area (Å²) in [5.41, 5.74) is 0.251. The third-order valence-corrected chi connectivity index (χ3v) is 4.27. The first-order valence-corrected chi connectivity index (χ1v) is 7.67. The lowest BCUT2D eigenvalue weighted by molar-refractivity contribution is 0.477. The van der Waals surface area contributed by atoms with Crippen molar-refractivity contribution in [2.75, 3.05) is 11.4 Å². The van der Waals surface area contributed by atoms with E-state index < -0.39 is 0 Å². The van der Waals surface area contributed by atoms with Crippen LogP contribution in [0.4, 0.5) is 5.82 Å². The number of nitriles is 1. The van der Waals surface area contributed by atoms with E-state index in [4.69, 9.17) is 16.9 Å². The predicted molar refractivity (Wildman–Crippen MR) is 83.8 cm³/mol. The van der Waals surface area contributed by atoms with Crippen LogP contribution in [0.2, 0.25) is 5.02 Å². The molecule has 1 atom stereocenters. The third kappa shape index (κ3) is 2.32. The Balaban J connectivity index is 1.96. The van der Waals surface area contributed by atoms with Crippen molar-refractivity contribution >= 4 is 17.4 Å². The highest BCUT2D eigenvalue weighted by atomic mass is 35.5. The third-order valence-electron chi connectivity index (χ3n) is 3.96. The van der Waals surface area contributed by atoms with E-state index in [1.54, 1.807) is 6.07 Å². The van der Waals surface area contributed by atoms with Gasteiger partial charge in [0.25, 0.3) is 0 Å². The molecule has 0 aliphatic carbocycles. The van der Waals surface area contributed by atoms with Crippen molar-refractivity contribution in [1.29, 1.82) is 5.26 Å². The van der Waals surface area contributed by atoms with Crippen LogP contribution in [0.25, 0.3) is 0 Å². The van der Waals surface area contributed by atoms with Crippen molar-refractivity contribution in [3.05, 3.63) is 34.5 Å². The number of hydrogen-bond acceptors (Lipinski definition) is 5. The smallest absolute Gasteiger partial charge is 0.161 e. The quantitative estimate of drug-likeness (QED) is 0.852. The average Bonchev–Trinajstić information content (AvgIpc) is 2.93. The van der Waals surface area contributed by atoms with Crippen LogP contribution in [0.1, 0.15) is 50.1 Å². The Kier molecular flexibility index (Phi) is 3.75. The van der Waals surface area contributed by atoms with Gasteiger partial charge in [0.15, 0.2) is 11.5 Å². The molecule has 0 amide bonds. The molecule has 114 valence electrons. The lowest BCUT2D eigenvalue weighted by Crippen LogP contribution is -2.38. The van der Waals surface area contributed by atoms with Crippen LogP contribution < -0.4 is 4.90 Å². The van der Waals surface area contributed by atoms with Gasteiger partial charge in [0.05, 0.1) is 11.1 Å². The molecular weight excluding hydrogens is 300 g/mol. The molecule has 2 aromatic heterocycles. The summed E-state index contributed by atoms with van der Waals surface area (Å²) >= 11 is 5.96. The van der Waals surface area contributed by atoms with Crippen LogP contribution in [-0.4, -0.2) is 26.3 Å². The summed E-state index contributed by atoms with van der Waals surface area (Å²) in [6.07, 6.45) is 0. The van der Waals surface area contributed by atoms with Crippen LogP contribution >= 0.6 is 11.6 Å². The number of hydrogen-bond donors (Lipinski definition) is 0. The van der Waals surface area contributed by atoms with Gasteiger partial charge in [-0.15, -0.1) is 10.2 Å². The molecule has 0 saturated carbocycles. The maximum atomic E-state index is 9.09. The number of aromatic nitrogens is 4. The van der Waals surface area contributed by atoms with Gasteiger partial charge in [-0.3, -0.25) is 0 Å². The zero-order chi connectivity index (χ0) is 15.9. The summed E-state index contributed by atoms with van der Waals surface area (Å²) in [7, 11) is 0. The number of nitrogens with zero attached hydrogens (tertiary/aromatic N) is 6. The molecule has 1 aliphatic rings. The Hall–Kier alpha value is -2.13. The number of pyridine rings is 1. The molecule has 3 heterocycles. The molecule has 0 aromatic carbocycles. The first-order chi connectivity index (χ1) is 10.5. The summed E-state index contributed by atoms with van der Waals surface area (Å²) in [4.78, 5) is 6.49. The highest BCUT2D eigenvalue weighted by Crippen LogP contribution is 2.31. The van der Waals surface area contributed by atoms with Crippen molar-refractivity contribution in [2.45, 2.75) is 39.3 Å². The van der Waals surface area contributed by atoms with Crippen LogP contribution in [0.3, 0.4) is 0 Å². The molecule has 7 heteroatoms. The highest BCUT2D eigenvalue weighted by molar-refractivity contribution is 6.31. The number of anilines is 1. The van der Waals surface area contributed by atoms with Gasteiger partial charge in [-0.2, -0.15) is 5.26 Å². The summed E-state index contributed by atoms with van der Waals surface area (Å²) in [6.45, 7) is 7.92. The molecule has 1 aliphatic heterocycles. The molecule has 0 bridgehead atoms. The van der Waals surface area contributed by atoms with Gasteiger partial charge in [-0.25, -0.2) is 4.98 Å². The fourth-order valence-corrected chi connectivity index (χ4v) is 2.96. The second-order valence-corrected chi connectivity index (χ2v) is 6.11. The van der Waals surface area contributed by atoms with E-state index in [2.05, 4.69) is 45.4 Å². The largest absolute Gasteiger partial charge is 0.345 e. The number of rotatable bonds is 2. The second-order valence-electron chi connectivity index (χ2n) is 5.70. The molecular formula is C15H17ClN6. The van der Waals surface area contributed by atoms with Crippen LogP contribution in [0, 0.1) is 11.3 Å². The van der Waals surface area contributed by atoms with Gasteiger partial charge in [-0.05, 0) is 19.1 Å². The summed E-state index contributed by atoms with van der Waals surface area (Å²) < 4.78 is 2.19. The first kappa shape index (κ1) is 14.8. The molecule has 0 spiro atoms. The predicted octanol–water partition coefficient (Wildman–Crippen LogP) is 2.90. The van der Waals surface area contributed by atoms with E-state index in [1.165, 1.54) is 0 Å². The molecule has 6 nitrogen and oxygen atoms in total. The molecule has 0 radical (unpaired) electrons. The van der Waals surface area contributed by atoms with Gasteiger partial charge in [0.1, 0.15) is 17.7 Å². The van der Waals surface area contributed by atoms with E-state index in [0.29, 0.717) is 10.9 Å². The minimum Gasteiger partial charge on any atom is -0.345 e. The van der Waals surface area contributed by atoms with Crippen molar-refractivity contribution in [1.82, 2.24) is 19.7 Å². The Morgan fingerprint density at radius 3 is 2.77 bits per heavy atom. The number of fused-ring (bicyclic) bond motifs is 1. The van der Waals surface area contributed by atoms with Crippen molar-refractivity contribution in [3.63, 3.8) is 0 Å². The molecule has 0 fully saturated rings. The molecule has 0 saturated heterocycles. The summed E-state index contributed by atoms with van der Waals surface area (Å²) in [5.74, 6) is 3.04. The monoisotopic (exact) mass is 316 g/mol. The molecule has 1 unspecified atom stereocenters. The van der Waals surface area contributed by atoms with Gasteiger partial charge < -0.3 is 9.47 Å². The Labute approximate surface area is 134 Å². The van der Waals surface area contributed by atoms with Gasteiger partial charge in [0.2, 0.25) is 0 Å². The molecule has 3 rings (SSSR count). The lowest BCUT2D eigenvalue weighted by atomic mass is 10.1. The van der Waals surface area contributed by atoms with Crippen molar-refractivity contribution in [2.24, 2.45) is 0 Å². The highest BCUT2D eigenvalue weighted by Gasteiger charge is 2.29. The zero-order valence-corrected chi connectivity index (χ0v) is 13.5. The summed E-state index contributed by atoms with van der Waals surface area (Å²) in [6, 6.07) is 5.63. The normalized spacial score (nSPS) is 17.5. The zero-order valence-electron chi connectivity index (χ0n) is 12.8. The van der Waals surface area contributed by atoms with E-state index in [1.807, 2.05) is 12.1 Å². The van der Waals surface area contributed by atoms with E-state index in [9.17, 15) is 0 Å². The van der Waals surface area contributed by atoms with Crippen LogP contribution in [0.15, 0.2) is 12.1 Å². The Bertz CT molecular complexity index is 745. The number of halogens is 1. The first-order valence-electron chi connectivity index (χ1n) is 7.29.